The fourth-order valence-corrected chi connectivity index (χ4v) is 2.01. The molecule has 112 valence electrons. The van der Waals surface area contributed by atoms with Crippen molar-refractivity contribution in [1.82, 2.24) is 0 Å². The Bertz CT molecular complexity index is 785. The predicted octanol–water partition coefficient (Wildman–Crippen LogP) is 3.22. The molecule has 0 fully saturated rings. The van der Waals surface area contributed by atoms with Crippen molar-refractivity contribution in [2.24, 2.45) is 5.73 Å². The zero-order chi connectivity index (χ0) is 15.9. The molecule has 4 nitrogen and oxygen atoms in total. The van der Waals surface area contributed by atoms with E-state index < -0.39 is 0 Å². The molecular formula is C18H18N2O2. The van der Waals surface area contributed by atoms with Crippen LogP contribution in [0.5, 0.6) is 5.75 Å². The Hall–Kier alpha value is -3.01. The van der Waals surface area contributed by atoms with Gasteiger partial charge in [0.25, 0.3) is 0 Å². The number of nitrogens with two attached hydrogens (primary N) is 2. The van der Waals surface area contributed by atoms with E-state index >= 15 is 0 Å². The summed E-state index contributed by atoms with van der Waals surface area (Å²) >= 11 is 0. The first-order valence-electron chi connectivity index (χ1n) is 6.79. The minimum absolute atomic E-state index is 0.384. The highest BCUT2D eigenvalue weighted by Crippen LogP contribution is 2.18. The smallest absolute Gasteiger partial charge is 0.248 e. The Morgan fingerprint density at radius 2 is 1.55 bits per heavy atom. The first kappa shape index (κ1) is 15.4. The van der Waals surface area contributed by atoms with Crippen LogP contribution < -0.4 is 16.2 Å². The monoisotopic (exact) mass is 294 g/mol. The largest absolute Gasteiger partial charge is 0.495 e. The highest BCUT2D eigenvalue weighted by atomic mass is 16.5. The van der Waals surface area contributed by atoms with Crippen LogP contribution in [0.4, 0.5) is 5.69 Å². The third kappa shape index (κ3) is 3.76. The molecule has 4 N–H and O–H groups in total. The van der Waals surface area contributed by atoms with Gasteiger partial charge in [-0.05, 0) is 35.0 Å². The fourth-order valence-electron chi connectivity index (χ4n) is 2.01. The normalized spacial score (nSPS) is 9.68. The standard InChI is InChI=1S/C11H9NO.C7H9NO/c12-11(13)10-6-5-8-3-1-2-4-9(8)7-10;1-9-7-5-3-2-4-6(7)8/h1-7H,(H2,12,13);2-5H,8H2,1H3. The van der Waals surface area contributed by atoms with Crippen LogP contribution in [0.3, 0.4) is 0 Å². The maximum absolute atomic E-state index is 10.9. The quantitative estimate of drug-likeness (QED) is 0.712. The molecule has 0 aromatic heterocycles. The summed E-state index contributed by atoms with van der Waals surface area (Å²) in [6.07, 6.45) is 0. The van der Waals surface area contributed by atoms with Gasteiger partial charge in [-0.2, -0.15) is 0 Å². The number of carbonyl (C=O) groups is 1. The molecule has 0 aliphatic carbocycles. The minimum Gasteiger partial charge on any atom is -0.495 e. The summed E-state index contributed by atoms with van der Waals surface area (Å²) in [7, 11) is 1.60. The molecule has 0 saturated heterocycles. The topological polar surface area (TPSA) is 78.3 Å². The number of nitrogen functional groups attached to an aromatic ring is 1. The number of benzene rings is 3. The molecule has 4 heteroatoms. The fraction of sp³-hybridized carbons (Fsp3) is 0.0556. The minimum atomic E-state index is -0.384. The van der Waals surface area contributed by atoms with Crippen molar-refractivity contribution in [1.29, 1.82) is 0 Å². The second kappa shape index (κ2) is 7.13. The highest BCUT2D eigenvalue weighted by Gasteiger charge is 1.99. The van der Waals surface area contributed by atoms with Gasteiger partial charge in [-0.1, -0.05) is 42.5 Å². The summed E-state index contributed by atoms with van der Waals surface area (Å²) in [5.74, 6) is 0.350. The third-order valence-corrected chi connectivity index (χ3v) is 3.17. The maximum atomic E-state index is 10.9. The SMILES string of the molecule is COc1ccccc1N.NC(=O)c1ccc2ccccc2c1. The summed E-state index contributed by atoms with van der Waals surface area (Å²) in [6, 6.07) is 20.7. The molecule has 1 amide bonds. The van der Waals surface area contributed by atoms with Crippen molar-refractivity contribution < 1.29 is 9.53 Å². The van der Waals surface area contributed by atoms with Crippen molar-refractivity contribution >= 4 is 22.4 Å². The van der Waals surface area contributed by atoms with Gasteiger partial charge in [-0.15, -0.1) is 0 Å². The van der Waals surface area contributed by atoms with Gasteiger partial charge in [0.15, 0.2) is 0 Å². The number of ether oxygens (including phenoxy) is 1. The van der Waals surface area contributed by atoms with E-state index in [9.17, 15) is 4.79 Å². The second-order valence-electron chi connectivity index (χ2n) is 4.67. The summed E-state index contributed by atoms with van der Waals surface area (Å²) in [5, 5.41) is 2.16. The number of para-hydroxylation sites is 2. The van der Waals surface area contributed by atoms with E-state index in [1.165, 1.54) is 0 Å². The Morgan fingerprint density at radius 1 is 0.909 bits per heavy atom. The lowest BCUT2D eigenvalue weighted by Crippen LogP contribution is -2.10. The predicted molar refractivity (Wildman–Crippen MR) is 89.9 cm³/mol. The number of hydrogen-bond acceptors (Lipinski definition) is 3. The molecule has 22 heavy (non-hydrogen) atoms. The first-order valence-corrected chi connectivity index (χ1v) is 6.79. The summed E-state index contributed by atoms with van der Waals surface area (Å²) in [4.78, 5) is 10.9. The number of hydrogen-bond donors (Lipinski definition) is 2. The van der Waals surface area contributed by atoms with Crippen molar-refractivity contribution in [3.05, 3.63) is 72.3 Å². The zero-order valence-corrected chi connectivity index (χ0v) is 12.3. The number of rotatable bonds is 2. The lowest BCUT2D eigenvalue weighted by molar-refractivity contribution is 0.100. The van der Waals surface area contributed by atoms with E-state index in [4.69, 9.17) is 16.2 Å². The average molecular weight is 294 g/mol. The van der Waals surface area contributed by atoms with Crippen molar-refractivity contribution in [3.63, 3.8) is 0 Å². The average Bonchev–Trinajstić information content (AvgIpc) is 2.55. The van der Waals surface area contributed by atoms with Gasteiger partial charge in [0.2, 0.25) is 5.91 Å². The molecule has 0 unspecified atom stereocenters. The Labute approximate surface area is 129 Å². The Balaban J connectivity index is 0.000000172. The molecule has 3 rings (SSSR count). The number of carbonyl (C=O) groups excluding carboxylic acids is 1. The second-order valence-corrected chi connectivity index (χ2v) is 4.67. The first-order chi connectivity index (χ1) is 10.6. The summed E-state index contributed by atoms with van der Waals surface area (Å²) in [6.45, 7) is 0. The summed E-state index contributed by atoms with van der Waals surface area (Å²) in [5.41, 5.74) is 11.9. The van der Waals surface area contributed by atoms with Crippen LogP contribution in [-0.4, -0.2) is 13.0 Å². The number of anilines is 1. The molecule has 3 aromatic rings. The van der Waals surface area contributed by atoms with Gasteiger partial charge >= 0.3 is 0 Å². The molecule has 0 radical (unpaired) electrons. The molecule has 0 aliphatic heterocycles. The zero-order valence-electron chi connectivity index (χ0n) is 12.3. The van der Waals surface area contributed by atoms with Crippen LogP contribution in [0.2, 0.25) is 0 Å². The number of methoxy groups -OCH3 is 1. The van der Waals surface area contributed by atoms with Gasteiger partial charge < -0.3 is 16.2 Å². The van der Waals surface area contributed by atoms with Crippen LogP contribution in [0.15, 0.2) is 66.7 Å². The van der Waals surface area contributed by atoms with Crippen molar-refractivity contribution in [2.45, 2.75) is 0 Å². The van der Waals surface area contributed by atoms with Crippen LogP contribution in [0.1, 0.15) is 10.4 Å². The lowest BCUT2D eigenvalue weighted by Gasteiger charge is -2.00. The van der Waals surface area contributed by atoms with E-state index in [1.54, 1.807) is 25.3 Å². The molecule has 0 aliphatic rings. The molecular weight excluding hydrogens is 276 g/mol. The van der Waals surface area contributed by atoms with Crippen LogP contribution in [-0.2, 0) is 0 Å². The molecule has 0 saturated carbocycles. The molecule has 0 atom stereocenters. The Morgan fingerprint density at radius 3 is 2.14 bits per heavy atom. The highest BCUT2D eigenvalue weighted by molar-refractivity contribution is 5.97. The number of fused-ring (bicyclic) bond motifs is 1. The number of amides is 1. The third-order valence-electron chi connectivity index (χ3n) is 3.17. The van der Waals surface area contributed by atoms with Gasteiger partial charge in [-0.25, -0.2) is 0 Å². The van der Waals surface area contributed by atoms with Gasteiger partial charge in [0.05, 0.1) is 12.8 Å². The molecule has 0 bridgehead atoms. The van der Waals surface area contributed by atoms with E-state index in [-0.39, 0.29) is 5.91 Å². The van der Waals surface area contributed by atoms with Crippen molar-refractivity contribution in [2.75, 3.05) is 12.8 Å². The maximum Gasteiger partial charge on any atom is 0.248 e. The van der Waals surface area contributed by atoms with Crippen LogP contribution in [0.25, 0.3) is 10.8 Å². The molecule has 3 aromatic carbocycles. The van der Waals surface area contributed by atoms with Gasteiger partial charge in [0.1, 0.15) is 5.75 Å². The van der Waals surface area contributed by atoms with Gasteiger partial charge in [-0.3, -0.25) is 4.79 Å². The molecule has 0 spiro atoms. The molecule has 0 heterocycles. The number of primary amides is 1. The summed E-state index contributed by atoms with van der Waals surface area (Å²) < 4.78 is 4.92. The van der Waals surface area contributed by atoms with E-state index in [2.05, 4.69) is 0 Å². The van der Waals surface area contributed by atoms with Crippen LogP contribution >= 0.6 is 0 Å². The Kier molecular flexibility index (Phi) is 4.98. The lowest BCUT2D eigenvalue weighted by atomic mass is 10.1. The van der Waals surface area contributed by atoms with Crippen molar-refractivity contribution in [3.8, 4) is 5.75 Å². The van der Waals surface area contributed by atoms with E-state index in [0.29, 0.717) is 11.3 Å². The van der Waals surface area contributed by atoms with Gasteiger partial charge in [0, 0.05) is 5.56 Å². The van der Waals surface area contributed by atoms with E-state index in [1.807, 2.05) is 48.5 Å². The van der Waals surface area contributed by atoms with E-state index in [0.717, 1.165) is 16.5 Å². The van der Waals surface area contributed by atoms with Crippen LogP contribution in [0, 0.1) is 0 Å².